The lowest BCUT2D eigenvalue weighted by molar-refractivity contribution is 0.249. The first-order chi connectivity index (χ1) is 13.3. The molecular formula is C21H20Cl2N4O. The molecule has 28 heavy (non-hydrogen) atoms. The van der Waals surface area contributed by atoms with E-state index >= 15 is 0 Å². The molecule has 2 aromatic heterocycles. The fraction of sp³-hybridized carbons (Fsp3) is 0.238. The maximum absolute atomic E-state index is 6.08. The topological polar surface area (TPSA) is 45.4 Å². The number of halogens is 2. The number of aromatic nitrogens is 2. The molecule has 4 aromatic rings. The predicted molar refractivity (Wildman–Crippen MR) is 116 cm³/mol. The van der Waals surface area contributed by atoms with Gasteiger partial charge in [-0.25, -0.2) is 9.97 Å². The molecule has 1 fully saturated rings. The summed E-state index contributed by atoms with van der Waals surface area (Å²) in [6.07, 6.45) is 1.64. The van der Waals surface area contributed by atoms with Crippen molar-refractivity contribution in [3.05, 3.63) is 65.4 Å². The third kappa shape index (κ3) is 3.53. The van der Waals surface area contributed by atoms with Crippen LogP contribution in [0.4, 0.5) is 5.82 Å². The van der Waals surface area contributed by atoms with Crippen LogP contribution in [0.25, 0.3) is 22.1 Å². The first kappa shape index (κ1) is 19.0. The summed E-state index contributed by atoms with van der Waals surface area (Å²) in [6, 6.07) is 16.1. The first-order valence-corrected chi connectivity index (χ1v) is 9.50. The van der Waals surface area contributed by atoms with Gasteiger partial charge in [-0.1, -0.05) is 35.9 Å². The highest BCUT2D eigenvalue weighted by molar-refractivity contribution is 6.30. The van der Waals surface area contributed by atoms with Crippen LogP contribution in [0.3, 0.4) is 0 Å². The van der Waals surface area contributed by atoms with Crippen LogP contribution in [0.5, 0.6) is 0 Å². The lowest BCUT2D eigenvalue weighted by Crippen LogP contribution is -2.46. The van der Waals surface area contributed by atoms with Crippen molar-refractivity contribution in [2.45, 2.75) is 6.54 Å². The molecule has 5 rings (SSSR count). The van der Waals surface area contributed by atoms with Crippen molar-refractivity contribution in [1.29, 1.82) is 0 Å². The molecule has 1 aliphatic heterocycles. The minimum Gasteiger partial charge on any atom is -0.450 e. The van der Waals surface area contributed by atoms with Gasteiger partial charge in [0.15, 0.2) is 11.4 Å². The third-order valence-corrected chi connectivity index (χ3v) is 5.38. The quantitative estimate of drug-likeness (QED) is 0.482. The van der Waals surface area contributed by atoms with Gasteiger partial charge in [-0.05, 0) is 29.8 Å². The highest BCUT2D eigenvalue weighted by atomic mass is 35.5. The normalized spacial score (nSPS) is 15.1. The highest BCUT2D eigenvalue weighted by Crippen LogP contribution is 2.32. The molecule has 0 radical (unpaired) electrons. The second-order valence-electron chi connectivity index (χ2n) is 6.86. The van der Waals surface area contributed by atoms with Gasteiger partial charge in [0.05, 0.1) is 0 Å². The summed E-state index contributed by atoms with van der Waals surface area (Å²) in [5.74, 6) is 0.891. The van der Waals surface area contributed by atoms with Gasteiger partial charge in [0.2, 0.25) is 0 Å². The number of furan rings is 1. The Morgan fingerprint density at radius 2 is 1.68 bits per heavy atom. The van der Waals surface area contributed by atoms with Crippen LogP contribution in [0.1, 0.15) is 5.56 Å². The van der Waals surface area contributed by atoms with E-state index < -0.39 is 0 Å². The van der Waals surface area contributed by atoms with Crippen molar-refractivity contribution in [2.24, 2.45) is 0 Å². The van der Waals surface area contributed by atoms with Crippen LogP contribution in [0.2, 0.25) is 5.02 Å². The lowest BCUT2D eigenvalue weighted by Gasteiger charge is -2.35. The van der Waals surface area contributed by atoms with Gasteiger partial charge < -0.3 is 9.32 Å². The van der Waals surface area contributed by atoms with Gasteiger partial charge in [-0.3, -0.25) is 4.90 Å². The predicted octanol–water partition coefficient (Wildman–Crippen LogP) is 4.77. The summed E-state index contributed by atoms with van der Waals surface area (Å²) in [4.78, 5) is 13.7. The van der Waals surface area contributed by atoms with Gasteiger partial charge in [0.25, 0.3) is 0 Å². The summed E-state index contributed by atoms with van der Waals surface area (Å²) in [5.41, 5.74) is 3.81. The van der Waals surface area contributed by atoms with Crippen molar-refractivity contribution >= 4 is 51.9 Å². The second kappa shape index (κ2) is 7.95. The minimum absolute atomic E-state index is 0. The second-order valence-corrected chi connectivity index (χ2v) is 7.30. The van der Waals surface area contributed by atoms with Crippen molar-refractivity contribution in [3.8, 4) is 0 Å². The Morgan fingerprint density at radius 3 is 2.46 bits per heavy atom. The molecule has 5 nitrogen and oxygen atoms in total. The van der Waals surface area contributed by atoms with Gasteiger partial charge in [0.1, 0.15) is 17.4 Å². The van der Waals surface area contributed by atoms with Gasteiger partial charge in [0, 0.05) is 43.1 Å². The molecular weight excluding hydrogens is 395 g/mol. The van der Waals surface area contributed by atoms with Gasteiger partial charge in [-0.15, -0.1) is 12.4 Å². The maximum Gasteiger partial charge on any atom is 0.196 e. The number of para-hydroxylation sites is 1. The molecule has 1 aliphatic rings. The summed E-state index contributed by atoms with van der Waals surface area (Å²) in [5, 5.41) is 1.82. The number of piperazine rings is 1. The number of fused-ring (bicyclic) bond motifs is 3. The number of anilines is 1. The molecule has 144 valence electrons. The maximum atomic E-state index is 6.08. The van der Waals surface area contributed by atoms with E-state index in [-0.39, 0.29) is 12.4 Å². The van der Waals surface area contributed by atoms with Crippen molar-refractivity contribution < 1.29 is 4.42 Å². The number of rotatable bonds is 3. The van der Waals surface area contributed by atoms with E-state index in [2.05, 4.69) is 31.9 Å². The summed E-state index contributed by atoms with van der Waals surface area (Å²) >= 11 is 5.98. The Bertz CT molecular complexity index is 1090. The van der Waals surface area contributed by atoms with E-state index in [0.717, 1.165) is 65.6 Å². The molecule has 0 saturated carbocycles. The highest BCUT2D eigenvalue weighted by Gasteiger charge is 2.22. The summed E-state index contributed by atoms with van der Waals surface area (Å²) in [7, 11) is 0. The molecule has 0 N–H and O–H groups in total. The van der Waals surface area contributed by atoms with Crippen LogP contribution in [-0.2, 0) is 6.54 Å². The number of hydrogen-bond donors (Lipinski definition) is 0. The van der Waals surface area contributed by atoms with Crippen LogP contribution < -0.4 is 4.90 Å². The molecule has 0 atom stereocenters. The minimum atomic E-state index is 0. The molecule has 1 saturated heterocycles. The Morgan fingerprint density at radius 1 is 0.929 bits per heavy atom. The van der Waals surface area contributed by atoms with E-state index in [1.54, 1.807) is 6.33 Å². The van der Waals surface area contributed by atoms with Crippen LogP contribution >= 0.6 is 24.0 Å². The Hall–Kier alpha value is -2.34. The van der Waals surface area contributed by atoms with E-state index in [4.69, 9.17) is 16.0 Å². The Balaban J connectivity index is 0.00000192. The van der Waals surface area contributed by atoms with Gasteiger partial charge in [-0.2, -0.15) is 0 Å². The Labute approximate surface area is 174 Å². The zero-order chi connectivity index (χ0) is 18.2. The fourth-order valence-electron chi connectivity index (χ4n) is 3.70. The number of benzene rings is 2. The van der Waals surface area contributed by atoms with Crippen LogP contribution in [0, 0.1) is 0 Å². The van der Waals surface area contributed by atoms with E-state index in [1.165, 1.54) is 5.56 Å². The fourth-order valence-corrected chi connectivity index (χ4v) is 3.83. The zero-order valence-corrected chi connectivity index (χ0v) is 16.8. The van der Waals surface area contributed by atoms with Crippen LogP contribution in [-0.4, -0.2) is 41.0 Å². The van der Waals surface area contributed by atoms with E-state index in [1.807, 2.05) is 36.4 Å². The first-order valence-electron chi connectivity index (χ1n) is 9.12. The Kier molecular flexibility index (Phi) is 5.40. The number of hydrogen-bond acceptors (Lipinski definition) is 5. The van der Waals surface area contributed by atoms with Crippen molar-refractivity contribution in [1.82, 2.24) is 14.9 Å². The smallest absolute Gasteiger partial charge is 0.196 e. The van der Waals surface area contributed by atoms with Crippen LogP contribution in [0.15, 0.2) is 59.3 Å². The molecule has 0 bridgehead atoms. The summed E-state index contributed by atoms with van der Waals surface area (Å²) < 4.78 is 6.08. The monoisotopic (exact) mass is 414 g/mol. The average Bonchev–Trinajstić information content (AvgIpc) is 3.09. The average molecular weight is 415 g/mol. The standard InChI is InChI=1S/C21H19ClN4O.ClH/c22-16-7-5-15(6-8-16)13-25-9-11-26(12-10-25)21-20-19(23-14-24-21)17-3-1-2-4-18(17)27-20;/h1-8,14H,9-13H2;1H. The largest absolute Gasteiger partial charge is 0.450 e. The van der Waals surface area contributed by atoms with Crippen molar-refractivity contribution in [3.63, 3.8) is 0 Å². The molecule has 7 heteroatoms. The lowest BCUT2D eigenvalue weighted by atomic mass is 10.2. The molecule has 0 aliphatic carbocycles. The molecule has 0 spiro atoms. The SMILES string of the molecule is Cl.Clc1ccc(CN2CCN(c3ncnc4c3oc3ccccc34)CC2)cc1. The van der Waals surface area contributed by atoms with Crippen molar-refractivity contribution in [2.75, 3.05) is 31.1 Å². The molecule has 3 heterocycles. The van der Waals surface area contributed by atoms with E-state index in [9.17, 15) is 0 Å². The zero-order valence-electron chi connectivity index (χ0n) is 15.2. The third-order valence-electron chi connectivity index (χ3n) is 5.13. The molecule has 0 amide bonds. The molecule has 2 aromatic carbocycles. The molecule has 0 unspecified atom stereocenters. The summed E-state index contributed by atoms with van der Waals surface area (Å²) in [6.45, 7) is 4.73. The van der Waals surface area contributed by atoms with E-state index in [0.29, 0.717) is 0 Å². The van der Waals surface area contributed by atoms with Gasteiger partial charge >= 0.3 is 0 Å². The number of nitrogens with zero attached hydrogens (tertiary/aromatic N) is 4.